The van der Waals surface area contributed by atoms with Gasteiger partial charge in [-0.1, -0.05) is 0 Å². The molecule has 3 aliphatic heterocycles. The molecule has 9 heteroatoms. The summed E-state index contributed by atoms with van der Waals surface area (Å²) in [6.45, 7) is 3.66. The van der Waals surface area contributed by atoms with Crippen LogP contribution in [0.25, 0.3) is 0 Å². The van der Waals surface area contributed by atoms with Gasteiger partial charge in [0.15, 0.2) is 0 Å². The van der Waals surface area contributed by atoms with Crippen LogP contribution < -0.4 is 17.1 Å². The smallest absolute Gasteiger partial charge is 0.336 e. The van der Waals surface area contributed by atoms with Crippen molar-refractivity contribution in [3.05, 3.63) is 31.5 Å². The highest BCUT2D eigenvalue weighted by Gasteiger charge is 2.35. The Morgan fingerprint density at radius 3 is 1.73 bits per heavy atom. The summed E-state index contributed by atoms with van der Waals surface area (Å²) in [7, 11) is 0. The third-order valence-corrected chi connectivity index (χ3v) is 4.22. The van der Waals surface area contributed by atoms with Gasteiger partial charge >= 0.3 is 17.1 Å². The van der Waals surface area contributed by atoms with Gasteiger partial charge in [0.25, 0.3) is 0 Å². The number of nitrogens with zero attached hydrogens (tertiary/aromatic N) is 3. The Balaban J connectivity index is 1.85. The summed E-state index contributed by atoms with van der Waals surface area (Å²) in [4.78, 5) is 37.6. The largest absolute Gasteiger partial charge is 0.371 e. The average Bonchev–Trinajstić information content (AvgIpc) is 3.37. The first-order valence-electron chi connectivity index (χ1n) is 7.37. The normalized spacial score (nSPS) is 30.1. The van der Waals surface area contributed by atoms with Crippen molar-refractivity contribution in [3.63, 3.8) is 0 Å². The number of aromatic nitrogens is 3. The number of hydrogen-bond acceptors (Lipinski definition) is 6. The molecule has 3 fully saturated rings. The van der Waals surface area contributed by atoms with Crippen LogP contribution in [-0.2, 0) is 27.3 Å². The van der Waals surface area contributed by atoms with Crippen molar-refractivity contribution in [2.75, 3.05) is 19.8 Å². The highest BCUT2D eigenvalue weighted by molar-refractivity contribution is 4.90. The maximum Gasteiger partial charge on any atom is 0.336 e. The average molecular weight is 311 g/mol. The van der Waals surface area contributed by atoms with Crippen molar-refractivity contribution < 1.29 is 14.2 Å². The van der Waals surface area contributed by atoms with Crippen LogP contribution in [0.1, 0.15) is 13.0 Å². The van der Waals surface area contributed by atoms with Crippen molar-refractivity contribution in [1.29, 1.82) is 0 Å². The third-order valence-electron chi connectivity index (χ3n) is 4.22. The molecule has 0 radical (unpaired) electrons. The highest BCUT2D eigenvalue weighted by Crippen LogP contribution is 2.21. The van der Waals surface area contributed by atoms with Crippen molar-refractivity contribution in [3.8, 4) is 0 Å². The van der Waals surface area contributed by atoms with Crippen LogP contribution in [0.2, 0.25) is 0 Å². The van der Waals surface area contributed by atoms with E-state index < -0.39 is 23.1 Å². The van der Waals surface area contributed by atoms with Crippen LogP contribution in [0.4, 0.5) is 0 Å². The second-order valence-electron chi connectivity index (χ2n) is 5.96. The summed E-state index contributed by atoms with van der Waals surface area (Å²) in [5.41, 5.74) is -1.79. The van der Waals surface area contributed by atoms with E-state index in [0.717, 1.165) is 13.7 Å². The Kier molecular flexibility index (Phi) is 3.10. The van der Waals surface area contributed by atoms with Crippen LogP contribution in [0, 0.1) is 0 Å². The predicted octanol–water partition coefficient (Wildman–Crippen LogP) is -2.07. The van der Waals surface area contributed by atoms with Gasteiger partial charge in [-0.15, -0.1) is 0 Å². The molecule has 4 atom stereocenters. The van der Waals surface area contributed by atoms with E-state index in [4.69, 9.17) is 14.2 Å². The summed E-state index contributed by atoms with van der Waals surface area (Å²) in [5.74, 6) is 0. The zero-order valence-electron chi connectivity index (χ0n) is 12.1. The molecule has 4 heterocycles. The lowest BCUT2D eigenvalue weighted by atomic mass is 10.2. The number of epoxide rings is 3. The predicted molar refractivity (Wildman–Crippen MR) is 73.2 cm³/mol. The molecule has 120 valence electrons. The Bertz CT molecular complexity index is 713. The summed E-state index contributed by atoms with van der Waals surface area (Å²) in [6.07, 6.45) is -0.414. The summed E-state index contributed by atoms with van der Waals surface area (Å²) < 4.78 is 18.7. The molecule has 0 aliphatic carbocycles. The molecule has 3 saturated heterocycles. The van der Waals surface area contributed by atoms with Gasteiger partial charge < -0.3 is 14.2 Å². The first kappa shape index (κ1) is 13.9. The third kappa shape index (κ3) is 2.44. The van der Waals surface area contributed by atoms with Gasteiger partial charge in [0.1, 0.15) is 6.10 Å². The summed E-state index contributed by atoms with van der Waals surface area (Å²) in [5, 5.41) is 0. The number of ether oxygens (including phenoxy) is 3. The van der Waals surface area contributed by atoms with E-state index >= 15 is 0 Å². The molecule has 1 aromatic rings. The fourth-order valence-electron chi connectivity index (χ4n) is 2.57. The lowest BCUT2D eigenvalue weighted by molar-refractivity contribution is 0.297. The first-order chi connectivity index (χ1) is 10.6. The minimum atomic E-state index is -0.596. The minimum absolute atomic E-state index is 0.130. The molecule has 0 saturated carbocycles. The minimum Gasteiger partial charge on any atom is -0.371 e. The molecule has 1 aromatic heterocycles. The summed E-state index contributed by atoms with van der Waals surface area (Å²) >= 11 is 0. The molecule has 0 spiro atoms. The maximum atomic E-state index is 12.6. The Morgan fingerprint density at radius 2 is 1.36 bits per heavy atom. The van der Waals surface area contributed by atoms with Crippen LogP contribution in [0.15, 0.2) is 14.4 Å². The highest BCUT2D eigenvalue weighted by atomic mass is 16.6. The van der Waals surface area contributed by atoms with Gasteiger partial charge in [-0.25, -0.2) is 28.1 Å². The Hall–Kier alpha value is -1.71. The zero-order chi connectivity index (χ0) is 15.4. The van der Waals surface area contributed by atoms with Gasteiger partial charge in [0.2, 0.25) is 0 Å². The molecular formula is C13H17N3O6. The van der Waals surface area contributed by atoms with E-state index in [9.17, 15) is 14.4 Å². The SMILES string of the molecule is CC(C1CO1)n1c(=O)n(CC2CO2)c(=O)n(CC2CO2)c1=O. The second kappa shape index (κ2) is 4.90. The van der Waals surface area contributed by atoms with Crippen molar-refractivity contribution >= 4 is 0 Å². The quantitative estimate of drug-likeness (QED) is 0.559. The summed E-state index contributed by atoms with van der Waals surface area (Å²) in [6, 6.07) is -0.404. The van der Waals surface area contributed by atoms with Gasteiger partial charge in [-0.05, 0) is 6.92 Å². The molecule has 0 N–H and O–H groups in total. The monoisotopic (exact) mass is 311 g/mol. The fraction of sp³-hybridized carbons (Fsp3) is 0.769. The standard InChI is InChI=1S/C13H17N3O6/c1-7(10-6-22-10)16-12(18)14(2-8-4-20-8)11(17)15(13(16)19)3-9-5-21-9/h7-10H,2-6H2,1H3. The lowest BCUT2D eigenvalue weighted by Gasteiger charge is -2.16. The van der Waals surface area contributed by atoms with E-state index in [0.29, 0.717) is 19.8 Å². The molecule has 4 rings (SSSR count). The van der Waals surface area contributed by atoms with Crippen molar-refractivity contribution in [2.24, 2.45) is 0 Å². The van der Waals surface area contributed by atoms with Crippen LogP contribution in [0.5, 0.6) is 0 Å². The molecule has 0 aromatic carbocycles. The van der Waals surface area contributed by atoms with E-state index in [-0.39, 0.29) is 31.4 Å². The molecule has 4 unspecified atom stereocenters. The van der Waals surface area contributed by atoms with E-state index in [1.807, 2.05) is 0 Å². The number of hydrogen-bond donors (Lipinski definition) is 0. The van der Waals surface area contributed by atoms with Gasteiger partial charge in [0, 0.05) is 0 Å². The molecular weight excluding hydrogens is 294 g/mol. The van der Waals surface area contributed by atoms with Crippen LogP contribution in [-0.4, -0.2) is 51.8 Å². The molecule has 9 nitrogen and oxygen atoms in total. The Morgan fingerprint density at radius 1 is 0.909 bits per heavy atom. The first-order valence-corrected chi connectivity index (χ1v) is 7.37. The van der Waals surface area contributed by atoms with Gasteiger partial charge in [0.05, 0.1) is 51.2 Å². The maximum absolute atomic E-state index is 12.6. The van der Waals surface area contributed by atoms with E-state index in [1.165, 1.54) is 0 Å². The van der Waals surface area contributed by atoms with Crippen LogP contribution >= 0.6 is 0 Å². The Labute approximate surface area is 124 Å². The van der Waals surface area contributed by atoms with Gasteiger partial charge in [-0.2, -0.15) is 0 Å². The molecule has 0 amide bonds. The number of rotatable bonds is 6. The molecule has 22 heavy (non-hydrogen) atoms. The van der Waals surface area contributed by atoms with Crippen molar-refractivity contribution in [2.45, 2.75) is 44.4 Å². The fourth-order valence-corrected chi connectivity index (χ4v) is 2.57. The van der Waals surface area contributed by atoms with E-state index in [2.05, 4.69) is 0 Å². The molecule has 0 bridgehead atoms. The topological polar surface area (TPSA) is 104 Å². The zero-order valence-corrected chi connectivity index (χ0v) is 12.1. The van der Waals surface area contributed by atoms with Crippen LogP contribution in [0.3, 0.4) is 0 Å². The van der Waals surface area contributed by atoms with Crippen molar-refractivity contribution in [1.82, 2.24) is 13.7 Å². The van der Waals surface area contributed by atoms with E-state index in [1.54, 1.807) is 6.92 Å². The molecule has 3 aliphatic rings. The second-order valence-corrected chi connectivity index (χ2v) is 5.96. The van der Waals surface area contributed by atoms with Gasteiger partial charge in [-0.3, -0.25) is 0 Å². The lowest BCUT2D eigenvalue weighted by Crippen LogP contribution is -2.56.